The van der Waals surface area contributed by atoms with Crippen molar-refractivity contribution >= 4 is 18.6 Å². The Morgan fingerprint density at radius 1 is 0.744 bits per heavy atom. The molecule has 222 valence electrons. The van der Waals surface area contributed by atoms with Crippen molar-refractivity contribution in [2.75, 3.05) is 13.7 Å². The van der Waals surface area contributed by atoms with E-state index in [1.54, 1.807) is 7.11 Å². The minimum Gasteiger partial charge on any atom is -0.497 e. The van der Waals surface area contributed by atoms with Crippen LogP contribution in [0.1, 0.15) is 50.3 Å². The summed E-state index contributed by atoms with van der Waals surface area (Å²) < 4.78 is 30.9. The normalized spacial score (nSPS) is 17.3. The number of ether oxygens (including phenoxy) is 3. The third-order valence-corrected chi connectivity index (χ3v) is 7.39. The number of methoxy groups -OCH3 is 1. The molecule has 0 saturated carbocycles. The largest absolute Gasteiger partial charge is 0.497 e. The van der Waals surface area contributed by atoms with Gasteiger partial charge < -0.3 is 23.5 Å². The Labute approximate surface area is 255 Å². The Bertz CT molecular complexity index is 1340. The maximum atomic E-state index is 12.8. The Morgan fingerprint density at radius 2 is 1.23 bits per heavy atom. The van der Waals surface area contributed by atoms with Gasteiger partial charge in [-0.2, -0.15) is 0 Å². The quantitative estimate of drug-likeness (QED) is 0.125. The van der Waals surface area contributed by atoms with Gasteiger partial charge in [-0.05, 0) is 61.5 Å². The Hall–Kier alpha value is -3.91. The molecule has 5 rings (SSSR count). The summed E-state index contributed by atoms with van der Waals surface area (Å²) in [6.45, 7) is 5.86. The average molecular weight is 579 g/mol. The molecule has 6 nitrogen and oxygen atoms in total. The van der Waals surface area contributed by atoms with Crippen molar-refractivity contribution in [3.8, 4) is 5.75 Å². The van der Waals surface area contributed by atoms with Crippen molar-refractivity contribution in [3.05, 3.63) is 132 Å². The molecule has 43 heavy (non-hydrogen) atoms. The van der Waals surface area contributed by atoms with E-state index in [2.05, 4.69) is 36.4 Å². The summed E-state index contributed by atoms with van der Waals surface area (Å²) in [6, 6.07) is 38.3. The highest BCUT2D eigenvalue weighted by molar-refractivity contribution is 6.61. The van der Waals surface area contributed by atoms with E-state index in [-0.39, 0.29) is 25.1 Å². The lowest BCUT2D eigenvalue weighted by Crippen LogP contribution is -2.51. The van der Waals surface area contributed by atoms with Crippen molar-refractivity contribution in [1.82, 2.24) is 0 Å². The molecule has 1 aliphatic heterocycles. The molecule has 0 amide bonds. The fourth-order valence-corrected chi connectivity index (χ4v) is 5.50. The fraction of sp³-hybridized carbons (Fsp3) is 0.306. The Kier molecular flexibility index (Phi) is 9.66. The zero-order chi connectivity index (χ0) is 30.3. The highest BCUT2D eigenvalue weighted by atomic mass is 16.6. The van der Waals surface area contributed by atoms with Crippen LogP contribution in [0.15, 0.2) is 115 Å². The second kappa shape index (κ2) is 13.6. The number of rotatable bonds is 10. The molecule has 0 radical (unpaired) electrons. The molecule has 2 unspecified atom stereocenters. The predicted octanol–water partition coefficient (Wildman–Crippen LogP) is 6.31. The van der Waals surface area contributed by atoms with Crippen LogP contribution in [-0.4, -0.2) is 44.6 Å². The molecule has 2 atom stereocenters. The third-order valence-electron chi connectivity index (χ3n) is 7.39. The predicted molar refractivity (Wildman–Crippen MR) is 168 cm³/mol. The van der Waals surface area contributed by atoms with Gasteiger partial charge in [-0.3, -0.25) is 4.79 Å². The minimum absolute atomic E-state index is 0.116. The van der Waals surface area contributed by atoms with Crippen LogP contribution in [0.25, 0.3) is 0 Å². The minimum atomic E-state index is -0.887. The maximum Gasteiger partial charge on any atom is 0.494 e. The highest BCUT2D eigenvalue weighted by Gasteiger charge is 2.41. The van der Waals surface area contributed by atoms with Crippen LogP contribution < -0.4 is 10.2 Å². The third kappa shape index (κ3) is 7.55. The molecule has 1 fully saturated rings. The van der Waals surface area contributed by atoms with E-state index >= 15 is 0 Å². The van der Waals surface area contributed by atoms with E-state index in [1.807, 2.05) is 99.6 Å². The standard InChI is InChI=1S/C36H39BO6/c1-35(2,3)41-34(38)25-32-24-33(43-37(42-32)30-20-22-31(39-4)23-21-30)26-40-36(27-14-8-5-9-15-27,28-16-10-6-11-17-28)29-18-12-7-13-19-29/h5-23,32-33H,24-26H2,1-4H3. The summed E-state index contributed by atoms with van der Waals surface area (Å²) >= 11 is 0. The summed E-state index contributed by atoms with van der Waals surface area (Å²) in [5, 5.41) is 0. The second-order valence-corrected chi connectivity index (χ2v) is 11.7. The smallest absolute Gasteiger partial charge is 0.494 e. The van der Waals surface area contributed by atoms with Gasteiger partial charge >= 0.3 is 13.1 Å². The van der Waals surface area contributed by atoms with Crippen molar-refractivity contribution in [3.63, 3.8) is 0 Å². The van der Waals surface area contributed by atoms with Gasteiger partial charge in [-0.25, -0.2) is 0 Å². The molecule has 0 aliphatic carbocycles. The van der Waals surface area contributed by atoms with E-state index < -0.39 is 24.4 Å². The summed E-state index contributed by atoms with van der Waals surface area (Å²) in [7, 11) is 0.950. The zero-order valence-electron chi connectivity index (χ0n) is 25.3. The molecular weight excluding hydrogens is 539 g/mol. The number of hydrogen-bond donors (Lipinski definition) is 0. The molecule has 0 aromatic heterocycles. The van der Waals surface area contributed by atoms with Crippen molar-refractivity contribution in [1.29, 1.82) is 0 Å². The van der Waals surface area contributed by atoms with Crippen molar-refractivity contribution in [2.45, 2.75) is 57.0 Å². The second-order valence-electron chi connectivity index (χ2n) is 11.7. The first-order valence-electron chi connectivity index (χ1n) is 14.7. The zero-order valence-corrected chi connectivity index (χ0v) is 25.3. The van der Waals surface area contributed by atoms with E-state index in [9.17, 15) is 4.79 Å². The molecule has 1 heterocycles. The van der Waals surface area contributed by atoms with Crippen LogP contribution in [0, 0.1) is 0 Å². The van der Waals surface area contributed by atoms with E-state index in [0.29, 0.717) is 6.42 Å². The summed E-state index contributed by atoms with van der Waals surface area (Å²) in [4.78, 5) is 12.8. The van der Waals surface area contributed by atoms with Crippen LogP contribution >= 0.6 is 0 Å². The molecule has 0 bridgehead atoms. The molecule has 1 saturated heterocycles. The van der Waals surface area contributed by atoms with Crippen LogP contribution in [-0.2, 0) is 29.2 Å². The molecule has 0 spiro atoms. The number of esters is 1. The van der Waals surface area contributed by atoms with Crippen LogP contribution in [0.5, 0.6) is 5.75 Å². The number of carbonyl (C=O) groups excluding carboxylic acids is 1. The summed E-state index contributed by atoms with van der Waals surface area (Å²) in [5.74, 6) is 0.433. The first-order chi connectivity index (χ1) is 20.8. The summed E-state index contributed by atoms with van der Waals surface area (Å²) in [5.41, 5.74) is 2.40. The first-order valence-corrected chi connectivity index (χ1v) is 14.7. The van der Waals surface area contributed by atoms with Gasteiger partial charge in [0.25, 0.3) is 0 Å². The van der Waals surface area contributed by atoms with Gasteiger partial charge in [0.05, 0.1) is 32.3 Å². The fourth-order valence-electron chi connectivity index (χ4n) is 5.50. The Balaban J connectivity index is 1.47. The monoisotopic (exact) mass is 578 g/mol. The van der Waals surface area contributed by atoms with Gasteiger partial charge in [0.1, 0.15) is 17.0 Å². The van der Waals surface area contributed by atoms with Gasteiger partial charge in [0, 0.05) is 0 Å². The van der Waals surface area contributed by atoms with Crippen LogP contribution in [0.3, 0.4) is 0 Å². The molecular formula is C36H39BO6. The number of hydrogen-bond acceptors (Lipinski definition) is 6. The van der Waals surface area contributed by atoms with Gasteiger partial charge in [-0.1, -0.05) is 103 Å². The van der Waals surface area contributed by atoms with E-state index in [1.165, 1.54) is 0 Å². The van der Waals surface area contributed by atoms with Crippen LogP contribution in [0.4, 0.5) is 0 Å². The van der Waals surface area contributed by atoms with Gasteiger partial charge in [0.15, 0.2) is 0 Å². The van der Waals surface area contributed by atoms with Gasteiger partial charge in [-0.15, -0.1) is 0 Å². The highest BCUT2D eigenvalue weighted by Crippen LogP contribution is 2.41. The van der Waals surface area contributed by atoms with Crippen molar-refractivity contribution < 1.29 is 28.3 Å². The lowest BCUT2D eigenvalue weighted by molar-refractivity contribution is -0.158. The molecule has 0 N–H and O–H groups in total. The Morgan fingerprint density at radius 3 is 1.70 bits per heavy atom. The maximum absolute atomic E-state index is 12.8. The SMILES string of the molecule is COc1ccc(B2OC(COC(c3ccccc3)(c3ccccc3)c3ccccc3)CC(CC(=O)OC(C)(C)C)O2)cc1. The number of carbonyl (C=O) groups is 1. The lowest BCUT2D eigenvalue weighted by Gasteiger charge is -2.39. The molecule has 7 heteroatoms. The van der Waals surface area contributed by atoms with Gasteiger partial charge in [0.2, 0.25) is 0 Å². The summed E-state index contributed by atoms with van der Waals surface area (Å²) in [6.07, 6.45) is -0.182. The lowest BCUT2D eigenvalue weighted by atomic mass is 9.76. The van der Waals surface area contributed by atoms with E-state index in [0.717, 1.165) is 27.9 Å². The topological polar surface area (TPSA) is 63.2 Å². The van der Waals surface area contributed by atoms with E-state index in [4.69, 9.17) is 23.5 Å². The molecule has 4 aromatic carbocycles. The number of benzene rings is 4. The molecule has 4 aromatic rings. The molecule has 1 aliphatic rings. The first kappa shape index (κ1) is 30.5. The van der Waals surface area contributed by atoms with Crippen molar-refractivity contribution in [2.24, 2.45) is 0 Å². The average Bonchev–Trinajstić information content (AvgIpc) is 3.02. The van der Waals surface area contributed by atoms with Crippen LogP contribution in [0.2, 0.25) is 0 Å².